The number of hydrogen-bond acceptors (Lipinski definition) is 2. The lowest BCUT2D eigenvalue weighted by atomic mass is 10.0. The SMILES string of the molecule is CCc1cccc(C)c1NC(=O)NC(C)Oc1ccc(C(C)C)cc1. The number of amides is 2. The fraction of sp³-hybridized carbons (Fsp3) is 0.381. The minimum absolute atomic E-state index is 0.268. The molecular weight excluding hydrogens is 312 g/mol. The van der Waals surface area contributed by atoms with Crippen LogP contribution in [-0.4, -0.2) is 12.3 Å². The van der Waals surface area contributed by atoms with E-state index in [1.54, 1.807) is 0 Å². The van der Waals surface area contributed by atoms with Crippen molar-refractivity contribution in [3.05, 3.63) is 59.2 Å². The van der Waals surface area contributed by atoms with Crippen LogP contribution >= 0.6 is 0 Å². The molecule has 0 aliphatic rings. The van der Waals surface area contributed by atoms with Gasteiger partial charge in [0.2, 0.25) is 0 Å². The Balaban J connectivity index is 1.94. The first-order chi connectivity index (χ1) is 11.9. The first-order valence-electron chi connectivity index (χ1n) is 8.83. The molecule has 0 saturated carbocycles. The Morgan fingerprint density at radius 2 is 1.76 bits per heavy atom. The number of carbonyl (C=O) groups excluding carboxylic acids is 1. The molecule has 134 valence electrons. The largest absolute Gasteiger partial charge is 0.471 e. The van der Waals surface area contributed by atoms with Gasteiger partial charge in [-0.15, -0.1) is 0 Å². The predicted molar refractivity (Wildman–Crippen MR) is 103 cm³/mol. The highest BCUT2D eigenvalue weighted by molar-refractivity contribution is 5.91. The van der Waals surface area contributed by atoms with E-state index in [0.717, 1.165) is 29.0 Å². The van der Waals surface area contributed by atoms with E-state index in [2.05, 4.69) is 31.4 Å². The lowest BCUT2D eigenvalue weighted by Crippen LogP contribution is -2.39. The van der Waals surface area contributed by atoms with Gasteiger partial charge in [-0.3, -0.25) is 0 Å². The van der Waals surface area contributed by atoms with Crippen LogP contribution < -0.4 is 15.4 Å². The van der Waals surface area contributed by atoms with Crippen molar-refractivity contribution in [1.82, 2.24) is 5.32 Å². The van der Waals surface area contributed by atoms with Gasteiger partial charge in [-0.2, -0.15) is 0 Å². The van der Waals surface area contributed by atoms with E-state index in [1.807, 2.05) is 56.3 Å². The van der Waals surface area contributed by atoms with Gasteiger partial charge in [0.15, 0.2) is 6.23 Å². The summed E-state index contributed by atoms with van der Waals surface area (Å²) in [6, 6.07) is 13.7. The third kappa shape index (κ3) is 5.24. The van der Waals surface area contributed by atoms with E-state index < -0.39 is 6.23 Å². The molecule has 2 N–H and O–H groups in total. The van der Waals surface area contributed by atoms with Gasteiger partial charge >= 0.3 is 6.03 Å². The van der Waals surface area contributed by atoms with Crippen molar-refractivity contribution in [3.63, 3.8) is 0 Å². The van der Waals surface area contributed by atoms with Crippen LogP contribution in [0.15, 0.2) is 42.5 Å². The molecule has 0 heterocycles. The van der Waals surface area contributed by atoms with Gasteiger partial charge in [0.25, 0.3) is 0 Å². The smallest absolute Gasteiger partial charge is 0.322 e. The lowest BCUT2D eigenvalue weighted by Gasteiger charge is -2.19. The zero-order valence-corrected chi connectivity index (χ0v) is 15.7. The van der Waals surface area contributed by atoms with E-state index in [9.17, 15) is 4.79 Å². The molecule has 25 heavy (non-hydrogen) atoms. The Morgan fingerprint density at radius 3 is 2.36 bits per heavy atom. The molecule has 0 saturated heterocycles. The quantitative estimate of drug-likeness (QED) is 0.708. The molecule has 1 atom stereocenters. The van der Waals surface area contributed by atoms with Crippen molar-refractivity contribution in [1.29, 1.82) is 0 Å². The molecule has 0 aromatic heterocycles. The van der Waals surface area contributed by atoms with E-state index in [1.165, 1.54) is 5.56 Å². The summed E-state index contributed by atoms with van der Waals surface area (Å²) in [6.45, 7) is 10.2. The Kier molecular flexibility index (Phi) is 6.45. The molecule has 0 bridgehead atoms. The zero-order valence-electron chi connectivity index (χ0n) is 15.7. The molecule has 2 aromatic rings. The number of aryl methyl sites for hydroxylation is 2. The number of benzene rings is 2. The number of anilines is 1. The van der Waals surface area contributed by atoms with Crippen LogP contribution in [0.2, 0.25) is 0 Å². The van der Waals surface area contributed by atoms with Crippen LogP contribution in [0.4, 0.5) is 10.5 Å². The van der Waals surface area contributed by atoms with E-state index >= 15 is 0 Å². The second-order valence-electron chi connectivity index (χ2n) is 6.54. The summed E-state index contributed by atoms with van der Waals surface area (Å²) in [5.41, 5.74) is 4.30. The van der Waals surface area contributed by atoms with Crippen LogP contribution in [0, 0.1) is 6.92 Å². The highest BCUT2D eigenvalue weighted by atomic mass is 16.5. The maximum absolute atomic E-state index is 12.3. The van der Waals surface area contributed by atoms with Gasteiger partial charge in [-0.05, 0) is 55.0 Å². The standard InChI is InChI=1S/C21H28N2O2/c1-6-17-9-7-8-15(4)20(17)23-21(24)22-16(5)25-19-12-10-18(11-13-19)14(2)3/h7-14,16H,6H2,1-5H3,(H2,22,23,24). The molecule has 0 radical (unpaired) electrons. The van der Waals surface area contributed by atoms with Crippen LogP contribution in [0.3, 0.4) is 0 Å². The predicted octanol–water partition coefficient (Wildman–Crippen LogP) is 5.23. The number of hydrogen-bond donors (Lipinski definition) is 2. The van der Waals surface area contributed by atoms with Crippen molar-refractivity contribution in [2.24, 2.45) is 0 Å². The van der Waals surface area contributed by atoms with Crippen LogP contribution in [-0.2, 0) is 6.42 Å². The van der Waals surface area contributed by atoms with Gasteiger partial charge < -0.3 is 15.4 Å². The van der Waals surface area contributed by atoms with Crippen LogP contribution in [0.5, 0.6) is 5.75 Å². The Bertz CT molecular complexity index is 708. The summed E-state index contributed by atoms with van der Waals surface area (Å²) < 4.78 is 5.77. The molecule has 4 heteroatoms. The van der Waals surface area contributed by atoms with E-state index in [4.69, 9.17) is 4.74 Å². The summed E-state index contributed by atoms with van der Waals surface area (Å²) in [7, 11) is 0. The normalized spacial score (nSPS) is 11.9. The number of nitrogens with one attached hydrogen (secondary N) is 2. The molecule has 0 fully saturated rings. The van der Waals surface area contributed by atoms with Crippen LogP contribution in [0.1, 0.15) is 50.3 Å². The molecule has 0 aliphatic carbocycles. The highest BCUT2D eigenvalue weighted by Crippen LogP contribution is 2.21. The summed E-state index contributed by atoms with van der Waals surface area (Å²) in [5.74, 6) is 1.22. The second kappa shape index (κ2) is 8.56. The van der Waals surface area contributed by atoms with Crippen molar-refractivity contribution < 1.29 is 9.53 Å². The first kappa shape index (κ1) is 18.8. The van der Waals surface area contributed by atoms with Gasteiger partial charge in [0.1, 0.15) is 5.75 Å². The lowest BCUT2D eigenvalue weighted by molar-refractivity contribution is 0.183. The molecule has 1 unspecified atom stereocenters. The fourth-order valence-corrected chi connectivity index (χ4v) is 2.70. The van der Waals surface area contributed by atoms with E-state index in [0.29, 0.717) is 5.92 Å². The van der Waals surface area contributed by atoms with Gasteiger partial charge in [0, 0.05) is 5.69 Å². The summed E-state index contributed by atoms with van der Waals surface area (Å²) in [6.07, 6.45) is 0.435. The Labute approximate surface area is 150 Å². The van der Waals surface area contributed by atoms with Gasteiger partial charge in [0.05, 0.1) is 0 Å². The van der Waals surface area contributed by atoms with Gasteiger partial charge in [-0.1, -0.05) is 51.1 Å². The first-order valence-corrected chi connectivity index (χ1v) is 8.83. The van der Waals surface area contributed by atoms with E-state index in [-0.39, 0.29) is 6.03 Å². The van der Waals surface area contributed by atoms with Crippen molar-refractivity contribution in [2.75, 3.05) is 5.32 Å². The molecule has 2 rings (SSSR count). The summed E-state index contributed by atoms with van der Waals surface area (Å²) >= 11 is 0. The molecule has 4 nitrogen and oxygen atoms in total. The average Bonchev–Trinajstić information content (AvgIpc) is 2.57. The molecular formula is C21H28N2O2. The van der Waals surface area contributed by atoms with Crippen molar-refractivity contribution in [2.45, 2.75) is 53.2 Å². The number of carbonyl (C=O) groups is 1. The highest BCUT2D eigenvalue weighted by Gasteiger charge is 2.12. The zero-order chi connectivity index (χ0) is 18.4. The third-order valence-electron chi connectivity index (χ3n) is 4.17. The fourth-order valence-electron chi connectivity index (χ4n) is 2.70. The molecule has 2 amide bonds. The average molecular weight is 340 g/mol. The Morgan fingerprint density at radius 1 is 1.08 bits per heavy atom. The van der Waals surface area contributed by atoms with Crippen molar-refractivity contribution >= 4 is 11.7 Å². The molecule has 0 spiro atoms. The number of para-hydroxylation sites is 1. The Hall–Kier alpha value is -2.49. The topological polar surface area (TPSA) is 50.4 Å². The van der Waals surface area contributed by atoms with Crippen LogP contribution in [0.25, 0.3) is 0 Å². The van der Waals surface area contributed by atoms with Gasteiger partial charge in [-0.25, -0.2) is 4.79 Å². The summed E-state index contributed by atoms with van der Waals surface area (Å²) in [5, 5.41) is 5.76. The minimum atomic E-state index is -0.431. The number of urea groups is 1. The minimum Gasteiger partial charge on any atom is -0.471 e. The summed E-state index contributed by atoms with van der Waals surface area (Å²) in [4.78, 5) is 12.3. The maximum atomic E-state index is 12.3. The second-order valence-corrected chi connectivity index (χ2v) is 6.54. The van der Waals surface area contributed by atoms with Crippen molar-refractivity contribution in [3.8, 4) is 5.75 Å². The number of rotatable bonds is 6. The molecule has 2 aromatic carbocycles. The number of ether oxygens (including phenoxy) is 1. The maximum Gasteiger partial charge on any atom is 0.322 e. The molecule has 0 aliphatic heterocycles. The monoisotopic (exact) mass is 340 g/mol. The third-order valence-corrected chi connectivity index (χ3v) is 4.17.